The average molecular weight is 394 g/mol. The molecule has 2 amide bonds. The summed E-state index contributed by atoms with van der Waals surface area (Å²) >= 11 is 0. The summed E-state index contributed by atoms with van der Waals surface area (Å²) in [5.74, 6) is 0.706. The molecule has 0 heterocycles. The Morgan fingerprint density at radius 2 is 1.82 bits per heavy atom. The van der Waals surface area contributed by atoms with Crippen molar-refractivity contribution < 1.29 is 29.0 Å². The first kappa shape index (κ1) is 22.0. The van der Waals surface area contributed by atoms with Crippen LogP contribution in [0.1, 0.15) is 37.7 Å². The topological polar surface area (TPSA) is 97.3 Å². The monoisotopic (exact) mass is 394 g/mol. The van der Waals surface area contributed by atoms with E-state index in [1.54, 1.807) is 7.11 Å². The number of methoxy groups -OCH3 is 1. The van der Waals surface area contributed by atoms with Gasteiger partial charge in [-0.15, -0.1) is 0 Å². The van der Waals surface area contributed by atoms with E-state index in [0.717, 1.165) is 42.1 Å². The molecule has 0 saturated heterocycles. The Kier molecular flexibility index (Phi) is 8.53. The molecule has 0 radical (unpaired) electrons. The van der Waals surface area contributed by atoms with E-state index < -0.39 is 12.1 Å². The molecule has 0 aromatic heterocycles. The Labute approximate surface area is 165 Å². The summed E-state index contributed by atoms with van der Waals surface area (Å²) in [6, 6.07) is 7.01. The van der Waals surface area contributed by atoms with Gasteiger partial charge in [0, 0.05) is 7.05 Å². The Morgan fingerprint density at radius 3 is 2.36 bits per heavy atom. The Hall–Kier alpha value is -2.32. The van der Waals surface area contributed by atoms with Crippen molar-refractivity contribution in [3.63, 3.8) is 0 Å². The molecule has 0 aliphatic heterocycles. The first-order valence-electron chi connectivity index (χ1n) is 9.48. The molecule has 1 atom stereocenters. The quantitative estimate of drug-likeness (QED) is 0.625. The highest BCUT2D eigenvalue weighted by molar-refractivity contribution is 5.84. The van der Waals surface area contributed by atoms with Gasteiger partial charge in [0.15, 0.2) is 0 Å². The van der Waals surface area contributed by atoms with Crippen LogP contribution in [-0.4, -0.2) is 55.6 Å². The molecule has 2 N–H and O–H groups in total. The minimum absolute atomic E-state index is 0.182. The van der Waals surface area contributed by atoms with E-state index in [9.17, 15) is 9.59 Å². The summed E-state index contributed by atoms with van der Waals surface area (Å²) in [5, 5.41) is 12.4. The number of hydroxylamine groups is 2. The fourth-order valence-electron chi connectivity index (χ4n) is 3.48. The molecule has 1 saturated carbocycles. The number of hydrogen-bond donors (Lipinski definition) is 2. The van der Waals surface area contributed by atoms with Gasteiger partial charge in [0.25, 0.3) is 5.91 Å². The van der Waals surface area contributed by atoms with E-state index in [-0.39, 0.29) is 17.9 Å². The van der Waals surface area contributed by atoms with Crippen molar-refractivity contribution in [2.24, 2.45) is 5.92 Å². The second-order valence-corrected chi connectivity index (χ2v) is 7.06. The molecule has 8 nitrogen and oxygen atoms in total. The summed E-state index contributed by atoms with van der Waals surface area (Å²) in [7, 11) is 4.49. The normalized spacial score (nSPS) is 20.2. The molecule has 1 fully saturated rings. The van der Waals surface area contributed by atoms with Gasteiger partial charge < -0.3 is 19.9 Å². The maximum atomic E-state index is 12.3. The Bertz CT molecular complexity index is 628. The van der Waals surface area contributed by atoms with Gasteiger partial charge in [-0.2, -0.15) is 0 Å². The zero-order chi connectivity index (χ0) is 20.5. The number of carboxylic acid groups (broad SMARTS) is 1. The summed E-state index contributed by atoms with van der Waals surface area (Å²) in [5.41, 5.74) is 1.10. The molecule has 0 spiro atoms. The minimum atomic E-state index is -1.21. The van der Waals surface area contributed by atoms with Crippen LogP contribution in [0, 0.1) is 5.92 Å². The number of likely N-dealkylation sites (N-methyl/N-ethyl adjacent to an activating group) is 1. The number of benzene rings is 1. The number of nitrogens with zero attached hydrogens (tertiary/aromatic N) is 1. The van der Waals surface area contributed by atoms with E-state index in [0.29, 0.717) is 13.0 Å². The number of hydrogen-bond acceptors (Lipinski definition) is 5. The lowest BCUT2D eigenvalue weighted by Gasteiger charge is -2.31. The SMILES string of the molecule is COc1ccc(COC2CCC(C[C@H](NC(=O)O)C(=O)N(C)OC)CC2)cc1. The number of amides is 2. The van der Waals surface area contributed by atoms with Crippen LogP contribution in [0.5, 0.6) is 5.75 Å². The van der Waals surface area contributed by atoms with Crippen LogP contribution in [0.2, 0.25) is 0 Å². The average Bonchev–Trinajstić information content (AvgIpc) is 2.71. The third-order valence-electron chi connectivity index (χ3n) is 5.19. The lowest BCUT2D eigenvalue weighted by molar-refractivity contribution is -0.171. The van der Waals surface area contributed by atoms with Crippen molar-refractivity contribution in [1.82, 2.24) is 10.4 Å². The van der Waals surface area contributed by atoms with Crippen LogP contribution in [0.25, 0.3) is 0 Å². The van der Waals surface area contributed by atoms with Crippen molar-refractivity contribution in [3.8, 4) is 5.75 Å². The maximum Gasteiger partial charge on any atom is 0.405 e. The van der Waals surface area contributed by atoms with Gasteiger partial charge in [0.1, 0.15) is 11.8 Å². The van der Waals surface area contributed by atoms with Crippen LogP contribution < -0.4 is 10.1 Å². The number of carbonyl (C=O) groups is 2. The molecule has 1 aromatic rings. The Morgan fingerprint density at radius 1 is 1.18 bits per heavy atom. The Balaban J connectivity index is 1.79. The molecular weight excluding hydrogens is 364 g/mol. The van der Waals surface area contributed by atoms with E-state index in [2.05, 4.69) is 5.32 Å². The fourth-order valence-corrected chi connectivity index (χ4v) is 3.48. The molecule has 8 heteroatoms. The summed E-state index contributed by atoms with van der Waals surface area (Å²) in [6.07, 6.45) is 3.03. The molecule has 2 rings (SSSR count). The van der Waals surface area contributed by atoms with Crippen molar-refractivity contribution >= 4 is 12.0 Å². The zero-order valence-electron chi connectivity index (χ0n) is 16.7. The van der Waals surface area contributed by atoms with Crippen LogP contribution in [0.15, 0.2) is 24.3 Å². The number of carbonyl (C=O) groups excluding carboxylic acids is 1. The number of nitrogens with one attached hydrogen (secondary N) is 1. The number of rotatable bonds is 9. The molecule has 0 unspecified atom stereocenters. The van der Waals surface area contributed by atoms with Crippen molar-refractivity contribution in [1.29, 1.82) is 0 Å². The predicted octanol–water partition coefficient (Wildman–Crippen LogP) is 2.82. The molecule has 1 aromatic carbocycles. The minimum Gasteiger partial charge on any atom is -0.497 e. The maximum absolute atomic E-state index is 12.3. The highest BCUT2D eigenvalue weighted by Gasteiger charge is 2.30. The fraction of sp³-hybridized carbons (Fsp3) is 0.600. The van der Waals surface area contributed by atoms with Crippen LogP contribution >= 0.6 is 0 Å². The van der Waals surface area contributed by atoms with Crippen LogP contribution in [-0.2, 0) is 21.0 Å². The van der Waals surface area contributed by atoms with E-state index >= 15 is 0 Å². The van der Waals surface area contributed by atoms with Crippen molar-refractivity contribution in [2.45, 2.75) is 50.9 Å². The van der Waals surface area contributed by atoms with Gasteiger partial charge in [-0.25, -0.2) is 9.86 Å². The molecule has 1 aliphatic rings. The first-order valence-corrected chi connectivity index (χ1v) is 9.48. The predicted molar refractivity (Wildman–Crippen MR) is 103 cm³/mol. The molecule has 1 aliphatic carbocycles. The largest absolute Gasteiger partial charge is 0.497 e. The van der Waals surface area contributed by atoms with Gasteiger partial charge in [-0.1, -0.05) is 12.1 Å². The van der Waals surface area contributed by atoms with Crippen LogP contribution in [0.4, 0.5) is 4.79 Å². The molecule has 28 heavy (non-hydrogen) atoms. The van der Waals surface area contributed by atoms with Gasteiger partial charge in [0.05, 0.1) is 26.9 Å². The third kappa shape index (κ3) is 6.69. The van der Waals surface area contributed by atoms with E-state index in [1.165, 1.54) is 14.2 Å². The second-order valence-electron chi connectivity index (χ2n) is 7.06. The highest BCUT2D eigenvalue weighted by atomic mass is 16.7. The van der Waals surface area contributed by atoms with E-state index in [4.69, 9.17) is 19.4 Å². The van der Waals surface area contributed by atoms with Gasteiger partial charge in [-0.3, -0.25) is 9.63 Å². The summed E-state index contributed by atoms with van der Waals surface area (Å²) < 4.78 is 11.2. The molecule has 0 bridgehead atoms. The van der Waals surface area contributed by atoms with Gasteiger partial charge in [-0.05, 0) is 55.7 Å². The number of ether oxygens (including phenoxy) is 2. The van der Waals surface area contributed by atoms with Crippen LogP contribution in [0.3, 0.4) is 0 Å². The second kappa shape index (κ2) is 10.9. The van der Waals surface area contributed by atoms with Crippen molar-refractivity contribution in [3.05, 3.63) is 29.8 Å². The third-order valence-corrected chi connectivity index (χ3v) is 5.19. The zero-order valence-corrected chi connectivity index (χ0v) is 16.7. The first-order chi connectivity index (χ1) is 13.4. The van der Waals surface area contributed by atoms with Gasteiger partial charge >= 0.3 is 6.09 Å². The van der Waals surface area contributed by atoms with E-state index in [1.807, 2.05) is 24.3 Å². The standard InChI is InChI=1S/C20H30N2O6/c1-22(27-3)19(23)18(21-20(24)25)12-14-4-10-17(11-5-14)28-13-15-6-8-16(26-2)9-7-15/h6-9,14,17-18,21H,4-5,10-13H2,1-3H3,(H,24,25)/t14?,17?,18-/m0/s1. The smallest absolute Gasteiger partial charge is 0.405 e. The lowest BCUT2D eigenvalue weighted by Crippen LogP contribution is -2.47. The summed E-state index contributed by atoms with van der Waals surface area (Å²) in [4.78, 5) is 28.2. The molecular formula is C20H30N2O6. The van der Waals surface area contributed by atoms with Gasteiger partial charge in [0.2, 0.25) is 0 Å². The highest BCUT2D eigenvalue weighted by Crippen LogP contribution is 2.30. The molecule has 156 valence electrons. The lowest BCUT2D eigenvalue weighted by atomic mass is 9.83. The van der Waals surface area contributed by atoms with Crippen molar-refractivity contribution in [2.75, 3.05) is 21.3 Å². The summed E-state index contributed by atoms with van der Waals surface area (Å²) in [6.45, 7) is 0.555.